The lowest BCUT2D eigenvalue weighted by molar-refractivity contribution is -0.161. The van der Waals surface area contributed by atoms with Crippen LogP contribution in [0.4, 0.5) is 0 Å². The predicted octanol–water partition coefficient (Wildman–Crippen LogP) is -1.57. The molecule has 1 fully saturated rings. The molecule has 24 heavy (non-hydrogen) atoms. The van der Waals surface area contributed by atoms with Crippen molar-refractivity contribution in [2.45, 2.75) is 49.8 Å². The van der Waals surface area contributed by atoms with Crippen LogP contribution in [0.2, 0.25) is 0 Å². The van der Waals surface area contributed by atoms with Crippen molar-refractivity contribution in [3.63, 3.8) is 0 Å². The number of ether oxygens (including phenoxy) is 1. The Labute approximate surface area is 137 Å². The fourth-order valence-corrected chi connectivity index (χ4v) is 3.26. The topological polar surface area (TPSA) is 160 Å². The molecule has 0 aliphatic carbocycles. The number of nitrogens with zero attached hydrogens (tertiary/aromatic N) is 4. The van der Waals surface area contributed by atoms with Crippen LogP contribution in [0, 0.1) is 0 Å². The first-order valence-electron chi connectivity index (χ1n) is 7.75. The van der Waals surface area contributed by atoms with E-state index in [1.165, 1.54) is 10.9 Å². The Morgan fingerprint density at radius 1 is 1.38 bits per heavy atom. The minimum Gasteiger partial charge on any atom is -0.492 e. The van der Waals surface area contributed by atoms with Gasteiger partial charge in [-0.25, -0.2) is 9.97 Å². The molecule has 0 spiro atoms. The van der Waals surface area contributed by atoms with Gasteiger partial charge in [-0.3, -0.25) is 4.57 Å². The maximum absolute atomic E-state index is 10.7. The van der Waals surface area contributed by atoms with E-state index >= 15 is 0 Å². The number of hydrogen-bond donors (Lipinski definition) is 5. The summed E-state index contributed by atoms with van der Waals surface area (Å²) in [6.07, 6.45) is -0.0717. The summed E-state index contributed by atoms with van der Waals surface area (Å²) in [7, 11) is 0. The zero-order valence-electron chi connectivity index (χ0n) is 13.1. The van der Waals surface area contributed by atoms with E-state index in [1.54, 1.807) is 0 Å². The molecule has 10 nitrogen and oxygen atoms in total. The van der Waals surface area contributed by atoms with E-state index in [2.05, 4.69) is 15.0 Å². The van der Waals surface area contributed by atoms with Gasteiger partial charge in [0.1, 0.15) is 24.6 Å². The van der Waals surface area contributed by atoms with Crippen LogP contribution in [0.25, 0.3) is 11.2 Å². The van der Waals surface area contributed by atoms with Gasteiger partial charge in [0.2, 0.25) is 5.88 Å². The van der Waals surface area contributed by atoms with Gasteiger partial charge in [0.15, 0.2) is 16.9 Å². The highest BCUT2D eigenvalue weighted by Crippen LogP contribution is 2.41. The summed E-state index contributed by atoms with van der Waals surface area (Å²) >= 11 is 0. The Balaban J connectivity index is 2.20. The van der Waals surface area contributed by atoms with Crippen LogP contribution < -0.4 is 5.73 Å². The van der Waals surface area contributed by atoms with E-state index in [0.717, 1.165) is 6.33 Å². The van der Waals surface area contributed by atoms with Gasteiger partial charge in [0.25, 0.3) is 0 Å². The van der Waals surface area contributed by atoms with Gasteiger partial charge in [0.05, 0.1) is 19.0 Å². The van der Waals surface area contributed by atoms with Crippen molar-refractivity contribution in [1.82, 2.24) is 19.5 Å². The Bertz CT molecular complexity index is 725. The summed E-state index contributed by atoms with van der Waals surface area (Å²) in [5.41, 5.74) is 5.04. The van der Waals surface area contributed by atoms with E-state index in [1.807, 2.05) is 6.92 Å². The van der Waals surface area contributed by atoms with Crippen molar-refractivity contribution in [1.29, 1.82) is 0 Å². The second-order valence-corrected chi connectivity index (χ2v) is 5.91. The average molecular weight is 339 g/mol. The molecule has 0 amide bonds. The number of rotatable bonds is 5. The van der Waals surface area contributed by atoms with Gasteiger partial charge in [0, 0.05) is 0 Å². The lowest BCUT2D eigenvalue weighted by Crippen LogP contribution is -2.57. The second kappa shape index (κ2) is 6.22. The highest BCUT2D eigenvalue weighted by molar-refractivity contribution is 5.75. The largest absolute Gasteiger partial charge is 0.492 e. The van der Waals surface area contributed by atoms with Gasteiger partial charge in [-0.05, 0) is 6.42 Å². The Kier molecular flexibility index (Phi) is 4.40. The maximum atomic E-state index is 10.7. The second-order valence-electron chi connectivity index (χ2n) is 5.91. The molecule has 3 rings (SSSR count). The van der Waals surface area contributed by atoms with E-state index in [-0.39, 0.29) is 17.0 Å². The van der Waals surface area contributed by atoms with Crippen LogP contribution in [-0.4, -0.2) is 70.9 Å². The number of imidazole rings is 1. The van der Waals surface area contributed by atoms with Crippen LogP contribution in [0.3, 0.4) is 0 Å². The Morgan fingerprint density at radius 3 is 2.75 bits per heavy atom. The molecule has 1 saturated heterocycles. The van der Waals surface area contributed by atoms with Crippen LogP contribution in [-0.2, 0) is 10.5 Å². The molecule has 2 aromatic rings. The van der Waals surface area contributed by atoms with Crippen LogP contribution >= 0.6 is 0 Å². The normalized spacial score (nSPS) is 31.6. The first kappa shape index (κ1) is 17.0. The number of aromatic nitrogens is 4. The van der Waals surface area contributed by atoms with Gasteiger partial charge in [-0.2, -0.15) is 4.98 Å². The molecular weight excluding hydrogens is 318 g/mol. The molecule has 2 aromatic heterocycles. The monoisotopic (exact) mass is 339 g/mol. The molecule has 132 valence electrons. The first-order valence-corrected chi connectivity index (χ1v) is 7.75. The molecule has 5 atom stereocenters. The highest BCUT2D eigenvalue weighted by Gasteiger charge is 2.59. The van der Waals surface area contributed by atoms with E-state index in [4.69, 9.17) is 10.5 Å². The molecule has 6 N–H and O–H groups in total. The number of fused-ring (bicyclic) bond motifs is 1. The van der Waals surface area contributed by atoms with Gasteiger partial charge < -0.3 is 30.9 Å². The van der Waals surface area contributed by atoms with Crippen molar-refractivity contribution in [3.05, 3.63) is 12.7 Å². The fraction of sp³-hybridized carbons (Fsp3) is 0.643. The molecule has 1 aliphatic heterocycles. The van der Waals surface area contributed by atoms with Crippen LogP contribution in [0.1, 0.15) is 19.8 Å². The summed E-state index contributed by atoms with van der Waals surface area (Å²) in [5.74, 6) is -0.315. The first-order chi connectivity index (χ1) is 11.5. The van der Waals surface area contributed by atoms with Gasteiger partial charge in [-0.15, -0.1) is 0 Å². The zero-order chi connectivity index (χ0) is 17.5. The van der Waals surface area contributed by atoms with Gasteiger partial charge in [-0.1, -0.05) is 13.3 Å². The summed E-state index contributed by atoms with van der Waals surface area (Å²) in [5, 5.41) is 40.2. The summed E-state index contributed by atoms with van der Waals surface area (Å²) in [6.45, 7) is 1.44. The highest BCUT2D eigenvalue weighted by atomic mass is 16.6. The average Bonchev–Trinajstić information content (AvgIpc) is 3.10. The molecule has 1 aliphatic rings. The Hall–Kier alpha value is -1.85. The lowest BCUT2D eigenvalue weighted by atomic mass is 9.92. The molecule has 0 aromatic carbocycles. The minimum atomic E-state index is -1.57. The number of aliphatic hydroxyl groups is 3. The number of nitrogens with two attached hydrogens (primary N) is 1. The van der Waals surface area contributed by atoms with Crippen LogP contribution in [0.15, 0.2) is 12.7 Å². The third kappa shape index (κ3) is 2.26. The minimum absolute atomic E-state index is 0.123. The smallest absolute Gasteiger partial charge is 0.242 e. The van der Waals surface area contributed by atoms with Crippen molar-refractivity contribution < 1.29 is 25.2 Å². The van der Waals surface area contributed by atoms with Crippen LogP contribution in [0.5, 0.6) is 5.88 Å². The van der Waals surface area contributed by atoms with E-state index in [9.17, 15) is 20.4 Å². The standard InChI is InChI=1S/C14H21N5O5/c1-2-3-8(15)14(11(22)10(21)7(4-20)24-14)19-6-18-9-12(19)16-5-17-13(9)23/h5-8,10-11,20-22H,2-4,15H2,1H3,(H,16,17,23)/t7-,8?,10-,11-,14-/m1/s1. The molecule has 0 saturated carbocycles. The SMILES string of the molecule is CCCC(N)[C@@]1(n2cnc3c(O)ncnc32)O[C@H](CO)[C@@H](O)[C@H]1O. The molecule has 0 radical (unpaired) electrons. The fourth-order valence-electron chi connectivity index (χ4n) is 3.26. The summed E-state index contributed by atoms with van der Waals surface area (Å²) in [6, 6.07) is -0.710. The maximum Gasteiger partial charge on any atom is 0.242 e. The number of hydrogen-bond acceptors (Lipinski definition) is 9. The summed E-state index contributed by atoms with van der Waals surface area (Å²) in [4.78, 5) is 11.8. The lowest BCUT2D eigenvalue weighted by Gasteiger charge is -2.38. The number of aliphatic hydroxyl groups excluding tert-OH is 3. The molecule has 3 heterocycles. The molecular formula is C14H21N5O5. The molecule has 10 heteroatoms. The number of aromatic hydroxyl groups is 1. The molecule has 1 unspecified atom stereocenters. The van der Waals surface area contributed by atoms with Crippen molar-refractivity contribution in [2.75, 3.05) is 6.61 Å². The zero-order valence-corrected chi connectivity index (χ0v) is 13.1. The molecule has 0 bridgehead atoms. The predicted molar refractivity (Wildman–Crippen MR) is 81.8 cm³/mol. The van der Waals surface area contributed by atoms with E-state index in [0.29, 0.717) is 12.8 Å². The quantitative estimate of drug-likeness (QED) is 0.433. The third-order valence-corrected chi connectivity index (χ3v) is 4.47. The van der Waals surface area contributed by atoms with Crippen molar-refractivity contribution in [3.8, 4) is 5.88 Å². The van der Waals surface area contributed by atoms with Gasteiger partial charge >= 0.3 is 0 Å². The summed E-state index contributed by atoms with van der Waals surface area (Å²) < 4.78 is 7.23. The van der Waals surface area contributed by atoms with Crippen molar-refractivity contribution >= 4 is 11.2 Å². The van der Waals surface area contributed by atoms with Crippen molar-refractivity contribution in [2.24, 2.45) is 5.73 Å². The third-order valence-electron chi connectivity index (χ3n) is 4.47. The Morgan fingerprint density at radius 2 is 2.12 bits per heavy atom. The van der Waals surface area contributed by atoms with E-state index < -0.39 is 36.7 Å².